The average Bonchev–Trinajstić information content (AvgIpc) is 1.10. The first kappa shape index (κ1) is 56.0. The Morgan fingerprint density at radius 3 is 1.39 bits per heavy atom. The Kier molecular flexibility index (Phi) is 14.8. The van der Waals surface area contributed by atoms with Gasteiger partial charge in [-0.2, -0.15) is 0 Å². The van der Waals surface area contributed by atoms with Gasteiger partial charge in [-0.1, -0.05) is 127 Å². The van der Waals surface area contributed by atoms with Crippen molar-refractivity contribution in [2.75, 3.05) is 0 Å². The third-order valence-corrected chi connectivity index (χ3v) is 16.0. The molecule has 10 heteroatoms. The van der Waals surface area contributed by atoms with Crippen LogP contribution in [0.1, 0.15) is 11.1 Å². The van der Waals surface area contributed by atoms with Crippen LogP contribution in [-0.2, 0) is 20.1 Å². The van der Waals surface area contributed by atoms with Gasteiger partial charge >= 0.3 is 20.1 Å². The van der Waals surface area contributed by atoms with Crippen LogP contribution in [0.2, 0.25) is 0 Å². The van der Waals surface area contributed by atoms with Crippen molar-refractivity contribution < 1.29 is 46.4 Å². The van der Waals surface area contributed by atoms with Crippen molar-refractivity contribution in [2.45, 2.75) is 13.8 Å². The number of aromatic nitrogens is 3. The van der Waals surface area contributed by atoms with Gasteiger partial charge in [-0.3, -0.25) is 13.2 Å². The fourth-order valence-corrected chi connectivity index (χ4v) is 11.9. The van der Waals surface area contributed by atoms with E-state index in [2.05, 4.69) is 107 Å². The maximum atomic E-state index is 16.1. The Morgan fingerprint density at radius 1 is 0.299 bits per heavy atom. The Hall–Kier alpha value is -10.1. The van der Waals surface area contributed by atoms with Gasteiger partial charge in [-0.15, -0.1) is 71.8 Å². The van der Waals surface area contributed by atoms with Crippen molar-refractivity contribution in [1.82, 2.24) is 15.0 Å². The zero-order chi connectivity index (χ0) is 58.7. The van der Waals surface area contributed by atoms with E-state index >= 15 is 13.2 Å². The number of halogens is 6. The molecule has 11 aromatic carbocycles. The van der Waals surface area contributed by atoms with Crippen molar-refractivity contribution in [1.29, 1.82) is 0 Å². The summed E-state index contributed by atoms with van der Waals surface area (Å²) in [6, 6.07) is 72.4. The number of pyridine rings is 3. The molecule has 418 valence electrons. The van der Waals surface area contributed by atoms with Crippen LogP contribution < -0.4 is 0 Å². The second-order valence-electron chi connectivity index (χ2n) is 21.3. The molecule has 0 aliphatic heterocycles. The summed E-state index contributed by atoms with van der Waals surface area (Å²) in [6.07, 6.45) is 5.11. The molecule has 0 fully saturated rings. The van der Waals surface area contributed by atoms with Crippen molar-refractivity contribution in [3.05, 3.63) is 295 Å². The normalized spacial score (nSPS) is 11.4. The van der Waals surface area contributed by atoms with Crippen molar-refractivity contribution in [3.63, 3.8) is 0 Å². The van der Waals surface area contributed by atoms with E-state index in [-0.39, 0.29) is 36.9 Å². The number of benzene rings is 11. The van der Waals surface area contributed by atoms with Crippen molar-refractivity contribution in [2.24, 2.45) is 0 Å². The summed E-state index contributed by atoms with van der Waals surface area (Å²) >= 11 is 0. The Morgan fingerprint density at radius 2 is 0.805 bits per heavy atom. The number of hydrogen-bond acceptors (Lipinski definition) is 3. The molecule has 0 radical (unpaired) electrons. The summed E-state index contributed by atoms with van der Waals surface area (Å²) in [5, 5.41) is 6.82. The predicted molar refractivity (Wildman–Crippen MR) is 332 cm³/mol. The molecule has 0 aliphatic rings. The maximum Gasteiger partial charge on any atom is 3.00 e. The van der Waals surface area contributed by atoms with Crippen LogP contribution in [0.15, 0.2) is 231 Å². The van der Waals surface area contributed by atoms with Crippen LogP contribution in [0.5, 0.6) is 0 Å². The molecule has 0 saturated heterocycles. The van der Waals surface area contributed by atoms with Gasteiger partial charge in [0.05, 0.1) is 11.6 Å². The summed E-state index contributed by atoms with van der Waals surface area (Å²) < 4.78 is 90.0. The van der Waals surface area contributed by atoms with Crippen LogP contribution >= 0.6 is 0 Å². The molecule has 0 saturated carbocycles. The Bertz CT molecular complexity index is 5030. The molecule has 0 amide bonds. The molecule has 3 aromatic heterocycles. The summed E-state index contributed by atoms with van der Waals surface area (Å²) in [5.74, 6) is -4.67. The number of nitrogens with zero attached hydrogens (tertiary/aromatic N) is 3. The second kappa shape index (κ2) is 23.0. The van der Waals surface area contributed by atoms with Gasteiger partial charge in [0, 0.05) is 46.9 Å². The minimum Gasteiger partial charge on any atom is -0.304 e. The first-order valence-electron chi connectivity index (χ1n) is 27.7. The molecule has 3 nitrogen and oxygen atoms in total. The predicted octanol–water partition coefficient (Wildman–Crippen LogP) is 20.9. The van der Waals surface area contributed by atoms with E-state index in [9.17, 15) is 13.2 Å². The quantitative estimate of drug-likeness (QED) is 0.0778. The fraction of sp³-hybridized carbons (Fsp3) is 0.0260. The Labute approximate surface area is 511 Å². The standard InChI is InChI=1S/C77H44F6N3.Ir/c1-44-30-75(48-21-29-72(81)74(83)36-48)84-41-69(44)62-26-22-52(78)37-65(62)50-32-49(33-51(34-50)66-38-53(79)23-27-63(66)70-42-86-77(31-45(70)2)64-28-24-54(80)39-73(64)82)55-14-6-7-15-56(55)71-43-85-76(46-12-4-3-5-13-46)40-67(71)47-20-25-61-59-18-9-8-16-57(59)58-17-10-11-19-60(58)68(61)35-47;/h3-12,14-20,22-27,29-43H,1-2H3;/q-3;+3. The minimum atomic E-state index is -1.03. The van der Waals surface area contributed by atoms with E-state index in [0.717, 1.165) is 90.3 Å². The van der Waals surface area contributed by atoms with Crippen molar-refractivity contribution >= 4 is 32.3 Å². The monoisotopic (exact) mass is 1320 g/mol. The van der Waals surface area contributed by atoms with E-state index in [4.69, 9.17) is 4.98 Å². The first-order valence-corrected chi connectivity index (χ1v) is 27.7. The van der Waals surface area contributed by atoms with Gasteiger partial charge in [0.25, 0.3) is 0 Å². The van der Waals surface area contributed by atoms with Crippen LogP contribution in [0.25, 0.3) is 144 Å². The molecule has 14 rings (SSSR count). The first-order chi connectivity index (χ1) is 41.9. The van der Waals surface area contributed by atoms with Crippen LogP contribution in [0.3, 0.4) is 0 Å². The van der Waals surface area contributed by atoms with Gasteiger partial charge in [0.15, 0.2) is 0 Å². The third kappa shape index (κ3) is 10.5. The molecule has 0 bridgehead atoms. The molecule has 0 spiro atoms. The number of rotatable bonds is 10. The van der Waals surface area contributed by atoms with Crippen LogP contribution in [0, 0.1) is 66.9 Å². The van der Waals surface area contributed by atoms with Gasteiger partial charge in [0.1, 0.15) is 11.6 Å². The number of aryl methyl sites for hydroxylation is 2. The molecule has 0 atom stereocenters. The molecule has 87 heavy (non-hydrogen) atoms. The summed E-state index contributed by atoms with van der Waals surface area (Å²) in [4.78, 5) is 14.4. The molecule has 3 heterocycles. The van der Waals surface area contributed by atoms with Gasteiger partial charge in [-0.25, -0.2) is 13.2 Å². The molecule has 14 aromatic rings. The van der Waals surface area contributed by atoms with E-state index in [0.29, 0.717) is 66.9 Å². The van der Waals surface area contributed by atoms with E-state index < -0.39 is 34.9 Å². The summed E-state index contributed by atoms with van der Waals surface area (Å²) in [7, 11) is 0. The molecule has 0 unspecified atom stereocenters. The second-order valence-corrected chi connectivity index (χ2v) is 21.3. The maximum absolute atomic E-state index is 16.1. The van der Waals surface area contributed by atoms with Gasteiger partial charge in [0.2, 0.25) is 0 Å². The average molecular weight is 1320 g/mol. The van der Waals surface area contributed by atoms with Gasteiger partial charge < -0.3 is 15.0 Å². The smallest absolute Gasteiger partial charge is 0.304 e. The molecule has 0 aliphatic carbocycles. The van der Waals surface area contributed by atoms with E-state index in [1.54, 1.807) is 36.7 Å². The Balaban J connectivity index is 0.00000700. The molecular formula is C77H44F6IrN3. The van der Waals surface area contributed by atoms with Crippen LogP contribution in [-0.4, -0.2) is 15.0 Å². The molecule has 0 N–H and O–H groups in total. The summed E-state index contributed by atoms with van der Waals surface area (Å²) in [6.45, 7) is 3.70. The largest absolute Gasteiger partial charge is 3.00 e. The molecular weight excluding hydrogens is 1270 g/mol. The van der Waals surface area contributed by atoms with Gasteiger partial charge in [-0.05, 0) is 184 Å². The zero-order valence-corrected chi connectivity index (χ0v) is 48.8. The van der Waals surface area contributed by atoms with Crippen molar-refractivity contribution in [3.8, 4) is 112 Å². The summed E-state index contributed by atoms with van der Waals surface area (Å²) in [5.41, 5.74) is 13.4. The van der Waals surface area contributed by atoms with E-state index in [1.165, 1.54) is 29.7 Å². The number of hydrogen-bond donors (Lipinski definition) is 0. The zero-order valence-electron chi connectivity index (χ0n) is 46.4. The van der Waals surface area contributed by atoms with Crippen LogP contribution in [0.4, 0.5) is 26.3 Å². The SMILES string of the molecule is Cc1cc(-c2[c-]cc(F)c(F)c2)ncc1-c1ccc(F)cc1-c1cc(-c2cc(F)ccc2-c2cnc(-c3[c-]cc(F)cc3F)cc2C)cc(-c2ccccc2-c2cnc(-c3[c-]cccc3)cc2-c2ccc3c4ccccc4c4ccccc4c3c2)c1.[Ir+3]. The topological polar surface area (TPSA) is 38.7 Å². The minimum absolute atomic E-state index is 0. The third-order valence-electron chi connectivity index (χ3n) is 16.0. The fourth-order valence-electron chi connectivity index (χ4n) is 11.9. The number of fused-ring (bicyclic) bond motifs is 6. The van der Waals surface area contributed by atoms with E-state index in [1.807, 2.05) is 80.7 Å².